The molecule has 3 rings (SSSR count). The van der Waals surface area contributed by atoms with Crippen LogP contribution in [0.1, 0.15) is 36.6 Å². The number of fused-ring (bicyclic) bond motifs is 1. The molecule has 146 valence electrons. The van der Waals surface area contributed by atoms with Crippen LogP contribution in [-0.2, 0) is 16.1 Å². The third-order valence-corrected chi connectivity index (χ3v) is 3.93. The summed E-state index contributed by atoms with van der Waals surface area (Å²) in [5.41, 5.74) is 1.05. The Kier molecular flexibility index (Phi) is 5.46. The first kappa shape index (κ1) is 19.6. The topological polar surface area (TPSA) is 72.9 Å². The highest BCUT2D eigenvalue weighted by atomic mass is 19.4. The summed E-state index contributed by atoms with van der Waals surface area (Å²) >= 11 is 0. The number of nitrogens with zero attached hydrogens (tertiary/aromatic N) is 1. The van der Waals surface area contributed by atoms with Crippen LogP contribution in [0.15, 0.2) is 48.5 Å². The van der Waals surface area contributed by atoms with Gasteiger partial charge < -0.3 is 9.47 Å². The Morgan fingerprint density at radius 3 is 2.04 bits per heavy atom. The highest BCUT2D eigenvalue weighted by Crippen LogP contribution is 2.22. The van der Waals surface area contributed by atoms with Crippen molar-refractivity contribution in [1.29, 1.82) is 0 Å². The third kappa shape index (κ3) is 4.37. The summed E-state index contributed by atoms with van der Waals surface area (Å²) in [6, 6.07) is 11.8. The molecule has 0 saturated heterocycles. The lowest BCUT2D eigenvalue weighted by Crippen LogP contribution is -2.33. The molecule has 9 heteroatoms. The maximum absolute atomic E-state index is 12.2. The maximum atomic E-state index is 12.2. The Bertz CT molecular complexity index is 874. The molecule has 2 aromatic carbocycles. The molecular weight excluding hydrogens is 379 g/mol. The number of amides is 2. The van der Waals surface area contributed by atoms with Gasteiger partial charge in [-0.15, -0.1) is 0 Å². The van der Waals surface area contributed by atoms with Crippen LogP contribution in [0, 0.1) is 0 Å². The molecule has 0 aliphatic carbocycles. The quantitative estimate of drug-likeness (QED) is 0.557. The van der Waals surface area contributed by atoms with Gasteiger partial charge in [0.1, 0.15) is 6.61 Å². The second kappa shape index (κ2) is 7.81. The molecule has 2 amide bonds. The highest BCUT2D eigenvalue weighted by molar-refractivity contribution is 6.21. The summed E-state index contributed by atoms with van der Waals surface area (Å²) < 4.78 is 45.7. The molecule has 1 heterocycles. The summed E-state index contributed by atoms with van der Waals surface area (Å²) in [4.78, 5) is 37.3. The average Bonchev–Trinajstić information content (AvgIpc) is 2.90. The molecule has 0 fully saturated rings. The van der Waals surface area contributed by atoms with Crippen molar-refractivity contribution in [2.45, 2.75) is 12.8 Å². The number of halogens is 3. The van der Waals surface area contributed by atoms with E-state index in [0.29, 0.717) is 5.56 Å². The number of alkyl halides is 3. The van der Waals surface area contributed by atoms with Crippen LogP contribution in [0.3, 0.4) is 0 Å². The molecule has 0 unspecified atom stereocenters. The normalized spacial score (nSPS) is 13.6. The Hall–Kier alpha value is -3.20. The molecule has 6 nitrogen and oxygen atoms in total. The number of hydrogen-bond acceptors (Lipinski definition) is 5. The Balaban J connectivity index is 1.54. The molecule has 0 saturated carbocycles. The number of carbonyl (C=O) groups excluding carboxylic acids is 3. The Labute approximate surface area is 157 Å². The fourth-order valence-corrected chi connectivity index (χ4v) is 2.58. The Morgan fingerprint density at radius 2 is 1.50 bits per heavy atom. The fraction of sp³-hybridized carbons (Fsp3) is 0.211. The first-order valence-electron chi connectivity index (χ1n) is 8.12. The van der Waals surface area contributed by atoms with E-state index in [9.17, 15) is 27.6 Å². The predicted molar refractivity (Wildman–Crippen MR) is 89.4 cm³/mol. The van der Waals surface area contributed by atoms with Crippen LogP contribution in [0.5, 0.6) is 0 Å². The zero-order valence-electron chi connectivity index (χ0n) is 14.4. The molecule has 28 heavy (non-hydrogen) atoms. The van der Waals surface area contributed by atoms with E-state index in [-0.39, 0.29) is 23.3 Å². The number of carbonyl (C=O) groups is 3. The van der Waals surface area contributed by atoms with Crippen molar-refractivity contribution in [2.75, 3.05) is 13.3 Å². The molecule has 0 N–H and O–H groups in total. The largest absolute Gasteiger partial charge is 0.440 e. The smallest absolute Gasteiger partial charge is 0.411 e. The van der Waals surface area contributed by atoms with Crippen molar-refractivity contribution in [3.63, 3.8) is 0 Å². The number of imide groups is 1. The van der Waals surface area contributed by atoms with Crippen molar-refractivity contribution in [3.8, 4) is 0 Å². The predicted octanol–water partition coefficient (Wildman–Crippen LogP) is 3.18. The van der Waals surface area contributed by atoms with E-state index in [1.807, 2.05) is 0 Å². The minimum absolute atomic E-state index is 0.121. The van der Waals surface area contributed by atoms with Gasteiger partial charge in [-0.3, -0.25) is 9.59 Å². The van der Waals surface area contributed by atoms with Gasteiger partial charge in [-0.2, -0.15) is 13.2 Å². The first-order valence-corrected chi connectivity index (χ1v) is 8.12. The summed E-state index contributed by atoms with van der Waals surface area (Å²) in [7, 11) is 0. The number of benzene rings is 2. The van der Waals surface area contributed by atoms with Gasteiger partial charge in [-0.1, -0.05) is 24.3 Å². The van der Waals surface area contributed by atoms with E-state index in [4.69, 9.17) is 4.74 Å². The van der Waals surface area contributed by atoms with Crippen molar-refractivity contribution < 1.29 is 37.0 Å². The molecule has 0 bridgehead atoms. The number of rotatable bonds is 6. The van der Waals surface area contributed by atoms with E-state index in [0.717, 1.165) is 4.90 Å². The lowest BCUT2D eigenvalue weighted by atomic mass is 10.1. The molecule has 0 spiro atoms. The van der Waals surface area contributed by atoms with Crippen molar-refractivity contribution in [1.82, 2.24) is 4.90 Å². The first-order chi connectivity index (χ1) is 13.3. The van der Waals surface area contributed by atoms with Crippen LogP contribution < -0.4 is 0 Å². The standard InChI is InChI=1S/C19H14F3NO5/c20-19(21,22)10-27-9-12-5-7-13(8-6-12)18(26)28-11-23-16(24)14-3-1-2-4-15(14)17(23)25/h1-8H,9-11H2. The molecule has 0 radical (unpaired) electrons. The summed E-state index contributed by atoms with van der Waals surface area (Å²) in [6.07, 6.45) is -4.41. The summed E-state index contributed by atoms with van der Waals surface area (Å²) in [5.74, 6) is -1.88. The minimum atomic E-state index is -4.41. The number of hydrogen-bond donors (Lipinski definition) is 0. The van der Waals surface area contributed by atoms with Crippen molar-refractivity contribution >= 4 is 17.8 Å². The van der Waals surface area contributed by atoms with E-state index in [1.54, 1.807) is 12.1 Å². The monoisotopic (exact) mass is 393 g/mol. The van der Waals surface area contributed by atoms with Crippen LogP contribution >= 0.6 is 0 Å². The van der Waals surface area contributed by atoms with E-state index < -0.39 is 37.3 Å². The zero-order chi connectivity index (χ0) is 20.3. The van der Waals surface area contributed by atoms with Gasteiger partial charge in [0.2, 0.25) is 0 Å². The van der Waals surface area contributed by atoms with Crippen LogP contribution in [0.4, 0.5) is 13.2 Å². The zero-order valence-corrected chi connectivity index (χ0v) is 14.4. The SMILES string of the molecule is O=C(OCN1C(=O)c2ccccc2C1=O)c1ccc(COCC(F)(F)F)cc1. The molecule has 1 aliphatic heterocycles. The second-order valence-corrected chi connectivity index (χ2v) is 5.95. The van der Waals surface area contributed by atoms with Crippen LogP contribution in [0.2, 0.25) is 0 Å². The lowest BCUT2D eigenvalue weighted by molar-refractivity contribution is -0.176. The number of esters is 1. The van der Waals surface area contributed by atoms with Gasteiger partial charge in [0, 0.05) is 0 Å². The molecule has 0 aromatic heterocycles. The molecule has 0 atom stereocenters. The van der Waals surface area contributed by atoms with Crippen LogP contribution in [-0.4, -0.2) is 42.2 Å². The van der Waals surface area contributed by atoms with E-state index in [1.165, 1.54) is 36.4 Å². The van der Waals surface area contributed by atoms with Crippen molar-refractivity contribution in [3.05, 3.63) is 70.8 Å². The maximum Gasteiger partial charge on any atom is 0.411 e. The van der Waals surface area contributed by atoms with Crippen LogP contribution in [0.25, 0.3) is 0 Å². The third-order valence-electron chi connectivity index (χ3n) is 3.93. The molecular formula is C19H14F3NO5. The van der Waals surface area contributed by atoms with Gasteiger partial charge in [0.05, 0.1) is 23.3 Å². The second-order valence-electron chi connectivity index (χ2n) is 5.95. The average molecular weight is 393 g/mol. The van der Waals surface area contributed by atoms with Gasteiger partial charge in [-0.25, -0.2) is 9.69 Å². The highest BCUT2D eigenvalue weighted by Gasteiger charge is 2.35. The van der Waals surface area contributed by atoms with Gasteiger partial charge >= 0.3 is 12.1 Å². The van der Waals surface area contributed by atoms with E-state index in [2.05, 4.69) is 4.74 Å². The fourth-order valence-electron chi connectivity index (χ4n) is 2.58. The number of ether oxygens (including phenoxy) is 2. The van der Waals surface area contributed by atoms with Crippen molar-refractivity contribution in [2.24, 2.45) is 0 Å². The molecule has 2 aromatic rings. The van der Waals surface area contributed by atoms with Gasteiger partial charge in [0.25, 0.3) is 11.8 Å². The lowest BCUT2D eigenvalue weighted by Gasteiger charge is -2.14. The minimum Gasteiger partial charge on any atom is -0.440 e. The van der Waals surface area contributed by atoms with Gasteiger partial charge in [0.15, 0.2) is 6.73 Å². The summed E-state index contributed by atoms with van der Waals surface area (Å²) in [6.45, 7) is -2.16. The summed E-state index contributed by atoms with van der Waals surface area (Å²) in [5, 5.41) is 0. The van der Waals surface area contributed by atoms with Gasteiger partial charge in [-0.05, 0) is 29.8 Å². The van der Waals surface area contributed by atoms with E-state index >= 15 is 0 Å². The Morgan fingerprint density at radius 1 is 0.929 bits per heavy atom. The molecule has 1 aliphatic rings.